The summed E-state index contributed by atoms with van der Waals surface area (Å²) in [6, 6.07) is 0. The summed E-state index contributed by atoms with van der Waals surface area (Å²) in [5, 5.41) is 0. The van der Waals surface area contributed by atoms with Crippen LogP contribution >= 0.6 is 0 Å². The van der Waals surface area contributed by atoms with E-state index in [1.54, 1.807) is 0 Å². The van der Waals surface area contributed by atoms with E-state index < -0.39 is 0 Å². The lowest BCUT2D eigenvalue weighted by Crippen LogP contribution is -2.37. The van der Waals surface area contributed by atoms with Gasteiger partial charge in [0.25, 0.3) is 0 Å². The molecule has 2 heterocycles. The first-order valence-electron chi connectivity index (χ1n) is 4.57. The summed E-state index contributed by atoms with van der Waals surface area (Å²) in [7, 11) is 0. The molecule has 2 fully saturated rings. The second-order valence-corrected chi connectivity index (χ2v) is 3.77. The van der Waals surface area contributed by atoms with Gasteiger partial charge in [0.15, 0.2) is 0 Å². The van der Waals surface area contributed by atoms with Crippen molar-refractivity contribution in [1.82, 2.24) is 0 Å². The lowest BCUT2D eigenvalue weighted by atomic mass is 9.94. The maximum Gasteiger partial charge on any atom is 0.0915 e. The van der Waals surface area contributed by atoms with Crippen LogP contribution in [0.25, 0.3) is 0 Å². The van der Waals surface area contributed by atoms with Crippen LogP contribution in [0.4, 0.5) is 0 Å². The fraction of sp³-hybridized carbons (Fsp3) is 1.00. The molecule has 2 unspecified atom stereocenters. The van der Waals surface area contributed by atoms with Crippen LogP contribution in [0.1, 0.15) is 32.6 Å². The largest absolute Gasteiger partial charge is 0.375 e. The molecular formula is C9H16O2. The SMILES string of the molecule is CC1(C2CCCO2)CCCO1. The van der Waals surface area contributed by atoms with Crippen molar-refractivity contribution in [2.75, 3.05) is 13.2 Å². The average molecular weight is 156 g/mol. The van der Waals surface area contributed by atoms with Crippen molar-refractivity contribution < 1.29 is 9.47 Å². The van der Waals surface area contributed by atoms with E-state index >= 15 is 0 Å². The molecule has 2 saturated heterocycles. The third-order valence-corrected chi connectivity index (χ3v) is 2.86. The van der Waals surface area contributed by atoms with Gasteiger partial charge in [0.05, 0.1) is 11.7 Å². The summed E-state index contributed by atoms with van der Waals surface area (Å²) in [5.74, 6) is 0. The first-order valence-corrected chi connectivity index (χ1v) is 4.57. The quantitative estimate of drug-likeness (QED) is 0.575. The van der Waals surface area contributed by atoms with Crippen molar-refractivity contribution in [2.45, 2.75) is 44.3 Å². The predicted octanol–water partition coefficient (Wildman–Crippen LogP) is 1.73. The van der Waals surface area contributed by atoms with Crippen LogP contribution in [0.5, 0.6) is 0 Å². The van der Waals surface area contributed by atoms with Gasteiger partial charge in [0.1, 0.15) is 0 Å². The second-order valence-electron chi connectivity index (χ2n) is 3.77. The van der Waals surface area contributed by atoms with Gasteiger partial charge in [-0.05, 0) is 32.6 Å². The van der Waals surface area contributed by atoms with E-state index in [-0.39, 0.29) is 5.60 Å². The van der Waals surface area contributed by atoms with Crippen LogP contribution in [0.15, 0.2) is 0 Å². The Hall–Kier alpha value is -0.0800. The molecule has 0 aromatic rings. The normalized spacial score (nSPS) is 45.0. The maximum absolute atomic E-state index is 5.70. The van der Waals surface area contributed by atoms with Crippen molar-refractivity contribution >= 4 is 0 Å². The molecule has 2 nitrogen and oxygen atoms in total. The number of hydrogen-bond acceptors (Lipinski definition) is 2. The highest BCUT2D eigenvalue weighted by Crippen LogP contribution is 2.34. The molecule has 2 heteroatoms. The first-order chi connectivity index (χ1) is 5.31. The molecule has 0 saturated carbocycles. The maximum atomic E-state index is 5.70. The van der Waals surface area contributed by atoms with Crippen molar-refractivity contribution in [1.29, 1.82) is 0 Å². The minimum absolute atomic E-state index is 0.0521. The standard InChI is InChI=1S/C9H16O2/c1-9(5-3-7-11-9)8-4-2-6-10-8/h8H,2-7H2,1H3. The molecule has 2 aliphatic heterocycles. The molecule has 0 bridgehead atoms. The topological polar surface area (TPSA) is 18.5 Å². The van der Waals surface area contributed by atoms with E-state index in [1.165, 1.54) is 25.7 Å². The van der Waals surface area contributed by atoms with Crippen molar-refractivity contribution in [3.63, 3.8) is 0 Å². The van der Waals surface area contributed by atoms with Gasteiger partial charge >= 0.3 is 0 Å². The zero-order valence-electron chi connectivity index (χ0n) is 7.14. The van der Waals surface area contributed by atoms with Crippen LogP contribution in [0, 0.1) is 0 Å². The van der Waals surface area contributed by atoms with E-state index in [0.29, 0.717) is 6.10 Å². The minimum Gasteiger partial charge on any atom is -0.375 e. The molecule has 0 aromatic heterocycles. The van der Waals surface area contributed by atoms with Crippen molar-refractivity contribution in [2.24, 2.45) is 0 Å². The summed E-state index contributed by atoms with van der Waals surface area (Å²) in [5.41, 5.74) is 0.0521. The van der Waals surface area contributed by atoms with Gasteiger partial charge in [-0.1, -0.05) is 0 Å². The van der Waals surface area contributed by atoms with Gasteiger partial charge in [-0.3, -0.25) is 0 Å². The van der Waals surface area contributed by atoms with E-state index in [0.717, 1.165) is 13.2 Å². The molecule has 0 radical (unpaired) electrons. The Morgan fingerprint density at radius 1 is 1.27 bits per heavy atom. The number of ether oxygens (including phenoxy) is 2. The molecular weight excluding hydrogens is 140 g/mol. The van der Waals surface area contributed by atoms with Gasteiger partial charge in [-0.25, -0.2) is 0 Å². The van der Waals surface area contributed by atoms with Crippen LogP contribution in [-0.4, -0.2) is 24.9 Å². The Kier molecular flexibility index (Phi) is 1.90. The fourth-order valence-corrected chi connectivity index (χ4v) is 2.11. The van der Waals surface area contributed by atoms with Crippen LogP contribution < -0.4 is 0 Å². The Labute approximate surface area is 67.9 Å². The van der Waals surface area contributed by atoms with Crippen molar-refractivity contribution in [3.05, 3.63) is 0 Å². The summed E-state index contributed by atoms with van der Waals surface area (Å²) in [6.07, 6.45) is 5.17. The van der Waals surface area contributed by atoms with Gasteiger partial charge < -0.3 is 9.47 Å². The summed E-state index contributed by atoms with van der Waals surface area (Å²) in [4.78, 5) is 0. The summed E-state index contributed by atoms with van der Waals surface area (Å²) < 4.78 is 11.3. The Bertz CT molecular complexity index is 132. The molecule has 2 atom stereocenters. The van der Waals surface area contributed by atoms with E-state index in [1.807, 2.05) is 0 Å². The molecule has 64 valence electrons. The second kappa shape index (κ2) is 2.76. The van der Waals surface area contributed by atoms with Gasteiger partial charge in [-0.15, -0.1) is 0 Å². The number of rotatable bonds is 1. The average Bonchev–Trinajstić information content (AvgIpc) is 2.55. The first kappa shape index (κ1) is 7.56. The third-order valence-electron chi connectivity index (χ3n) is 2.86. The highest BCUT2D eigenvalue weighted by Gasteiger charge is 2.40. The monoisotopic (exact) mass is 156 g/mol. The lowest BCUT2D eigenvalue weighted by Gasteiger charge is -2.29. The molecule has 0 aliphatic carbocycles. The van der Waals surface area contributed by atoms with Gasteiger partial charge in [0.2, 0.25) is 0 Å². The molecule has 2 rings (SSSR count). The molecule has 0 aromatic carbocycles. The molecule has 0 amide bonds. The smallest absolute Gasteiger partial charge is 0.0915 e. The Morgan fingerprint density at radius 3 is 2.73 bits per heavy atom. The third kappa shape index (κ3) is 1.30. The fourth-order valence-electron chi connectivity index (χ4n) is 2.11. The summed E-state index contributed by atoms with van der Waals surface area (Å²) in [6.45, 7) is 4.05. The molecule has 0 spiro atoms. The Balaban J connectivity index is 2.00. The van der Waals surface area contributed by atoms with Crippen LogP contribution in [-0.2, 0) is 9.47 Å². The predicted molar refractivity (Wildman–Crippen MR) is 42.6 cm³/mol. The van der Waals surface area contributed by atoms with E-state index in [2.05, 4.69) is 6.92 Å². The highest BCUT2D eigenvalue weighted by atomic mass is 16.6. The van der Waals surface area contributed by atoms with Crippen LogP contribution in [0.3, 0.4) is 0 Å². The molecule has 0 N–H and O–H groups in total. The van der Waals surface area contributed by atoms with Gasteiger partial charge in [-0.2, -0.15) is 0 Å². The van der Waals surface area contributed by atoms with Gasteiger partial charge in [0, 0.05) is 13.2 Å². The minimum atomic E-state index is 0.0521. The zero-order chi connectivity index (χ0) is 7.73. The Morgan fingerprint density at radius 2 is 2.18 bits per heavy atom. The molecule has 11 heavy (non-hydrogen) atoms. The lowest BCUT2D eigenvalue weighted by molar-refractivity contribution is -0.0861. The van der Waals surface area contributed by atoms with E-state index in [4.69, 9.17) is 9.47 Å². The zero-order valence-corrected chi connectivity index (χ0v) is 7.14. The summed E-state index contributed by atoms with van der Waals surface area (Å²) >= 11 is 0. The van der Waals surface area contributed by atoms with Crippen LogP contribution in [0.2, 0.25) is 0 Å². The van der Waals surface area contributed by atoms with Crippen molar-refractivity contribution in [3.8, 4) is 0 Å². The highest BCUT2D eigenvalue weighted by molar-refractivity contribution is 4.90. The molecule has 2 aliphatic rings. The van der Waals surface area contributed by atoms with E-state index in [9.17, 15) is 0 Å². The number of hydrogen-bond donors (Lipinski definition) is 0.